The fourth-order valence-electron chi connectivity index (χ4n) is 6.61. The first-order valence-electron chi connectivity index (χ1n) is 16.2. The molecule has 2 saturated heterocycles. The summed E-state index contributed by atoms with van der Waals surface area (Å²) in [5.74, 6) is 0.230. The summed E-state index contributed by atoms with van der Waals surface area (Å²) in [5, 5.41) is 6.93. The summed E-state index contributed by atoms with van der Waals surface area (Å²) in [4.78, 5) is 24.6. The number of piperidine rings is 1. The molecule has 2 aliphatic rings. The van der Waals surface area contributed by atoms with Crippen molar-refractivity contribution in [1.82, 2.24) is 29.7 Å². The molecule has 2 fully saturated rings. The summed E-state index contributed by atoms with van der Waals surface area (Å²) in [6.07, 6.45) is 2.29. The maximum atomic E-state index is 14.2. The van der Waals surface area contributed by atoms with E-state index in [2.05, 4.69) is 66.3 Å². The third kappa shape index (κ3) is 6.99. The quantitative estimate of drug-likeness (QED) is 0.192. The highest BCUT2D eigenvalue weighted by atomic mass is 31.1. The van der Waals surface area contributed by atoms with Crippen LogP contribution in [0, 0.1) is 0 Å². The van der Waals surface area contributed by atoms with Crippen LogP contribution in [0.15, 0.2) is 42.9 Å². The van der Waals surface area contributed by atoms with E-state index in [9.17, 15) is 13.2 Å². The Kier molecular flexibility index (Phi) is 9.92. The number of likely N-dealkylation sites (N-methyl/N-ethyl adjacent to an activating group) is 1. The smallest absolute Gasteiger partial charge is 0.421 e. The second kappa shape index (κ2) is 14.0. The Hall–Kier alpha value is -3.80. The van der Waals surface area contributed by atoms with Crippen LogP contribution in [0.5, 0.6) is 5.75 Å². The predicted molar refractivity (Wildman–Crippen MR) is 188 cm³/mol. The summed E-state index contributed by atoms with van der Waals surface area (Å²) < 4.78 is 48.4. The van der Waals surface area contributed by atoms with Crippen molar-refractivity contribution in [2.75, 3.05) is 76.2 Å². The van der Waals surface area contributed by atoms with Gasteiger partial charge in [0.05, 0.1) is 23.8 Å². The average Bonchev–Trinajstić information content (AvgIpc) is 3.03. The van der Waals surface area contributed by atoms with E-state index in [0.717, 1.165) is 68.2 Å². The predicted octanol–water partition coefficient (Wildman–Crippen LogP) is 6.08. The van der Waals surface area contributed by atoms with E-state index in [4.69, 9.17) is 4.74 Å². The van der Waals surface area contributed by atoms with Gasteiger partial charge in [0.25, 0.3) is 0 Å². The van der Waals surface area contributed by atoms with Crippen LogP contribution in [0.2, 0.25) is 0 Å². The first kappa shape index (κ1) is 34.1. The molecule has 0 spiro atoms. The molecule has 4 heterocycles. The van der Waals surface area contributed by atoms with E-state index in [1.165, 1.54) is 0 Å². The third-order valence-corrected chi connectivity index (χ3v) is 10.7. The zero-order chi connectivity index (χ0) is 34.2. The number of benzene rings is 2. The van der Waals surface area contributed by atoms with Gasteiger partial charge in [0, 0.05) is 79.6 Å². The lowest BCUT2D eigenvalue weighted by Gasteiger charge is -2.49. The minimum Gasteiger partial charge on any atom is -0.494 e. The Balaban J connectivity index is 1.26. The molecular formula is C34H43F3N9OP. The average molecular weight is 682 g/mol. The number of hydrogen-bond acceptors (Lipinski definition) is 10. The molecule has 14 heteroatoms. The number of rotatable bonds is 10. The molecule has 2 aliphatic heterocycles. The van der Waals surface area contributed by atoms with Gasteiger partial charge in [-0.2, -0.15) is 18.2 Å². The molecule has 48 heavy (non-hydrogen) atoms. The molecule has 4 aromatic rings. The molecule has 0 bridgehead atoms. The van der Waals surface area contributed by atoms with E-state index < -0.39 is 19.7 Å². The number of alkyl halides is 3. The van der Waals surface area contributed by atoms with Gasteiger partial charge in [0.2, 0.25) is 5.95 Å². The molecule has 2 aromatic carbocycles. The second-order valence-corrected chi connectivity index (χ2v) is 15.0. The normalized spacial score (nSPS) is 16.5. The standard InChI is InChI=1S/C34H43F3N9OP/c1-7-21-16-27(29(47-4)17-28(21)45-14-10-22(11-15-45)46-19-23(20-46)44(2)3)42-33-40-18-24(34(35,36)37)32(43-33)41-26-9-8-25-30(31(26)48(5)6)39-13-12-38-25/h8-9,12-13,16-18,22-23H,7,10-11,14-15,19-20H2,1-6H3,(H2,40,41,42,43). The van der Waals surface area contributed by atoms with Crippen molar-refractivity contribution in [3.05, 3.63) is 54.0 Å². The monoisotopic (exact) mass is 681 g/mol. The number of aromatic nitrogens is 4. The summed E-state index contributed by atoms with van der Waals surface area (Å²) in [5.41, 5.74) is 3.67. The maximum Gasteiger partial charge on any atom is 0.421 e. The molecule has 0 unspecified atom stereocenters. The van der Waals surface area contributed by atoms with Gasteiger partial charge in [-0.25, -0.2) is 4.98 Å². The lowest BCUT2D eigenvalue weighted by atomic mass is 9.96. The highest BCUT2D eigenvalue weighted by Crippen LogP contribution is 2.40. The zero-order valence-corrected chi connectivity index (χ0v) is 29.2. The van der Waals surface area contributed by atoms with E-state index in [-0.39, 0.29) is 11.8 Å². The van der Waals surface area contributed by atoms with Crippen LogP contribution >= 0.6 is 7.92 Å². The highest BCUT2D eigenvalue weighted by molar-refractivity contribution is 7.65. The third-order valence-electron chi connectivity index (χ3n) is 9.38. The Morgan fingerprint density at radius 3 is 2.38 bits per heavy atom. The molecule has 6 rings (SSSR count). The van der Waals surface area contributed by atoms with Crippen molar-refractivity contribution in [2.24, 2.45) is 0 Å². The first-order valence-corrected chi connectivity index (χ1v) is 18.5. The number of halogens is 3. The van der Waals surface area contributed by atoms with Crippen molar-refractivity contribution in [3.8, 4) is 5.75 Å². The number of nitrogens with zero attached hydrogens (tertiary/aromatic N) is 7. The molecule has 0 atom stereocenters. The highest BCUT2D eigenvalue weighted by Gasteiger charge is 2.37. The number of fused-ring (bicyclic) bond motifs is 1. The van der Waals surface area contributed by atoms with Gasteiger partial charge < -0.3 is 25.2 Å². The summed E-state index contributed by atoms with van der Waals surface area (Å²) in [6, 6.07) is 8.73. The van der Waals surface area contributed by atoms with Crippen molar-refractivity contribution >= 4 is 53.1 Å². The molecular weight excluding hydrogens is 638 g/mol. The van der Waals surface area contributed by atoms with Gasteiger partial charge in [-0.3, -0.25) is 14.9 Å². The van der Waals surface area contributed by atoms with Crippen LogP contribution in [0.25, 0.3) is 11.0 Å². The summed E-state index contributed by atoms with van der Waals surface area (Å²) in [6.45, 7) is 10.3. The van der Waals surface area contributed by atoms with Crippen LogP contribution in [0.4, 0.5) is 42.0 Å². The molecule has 2 aromatic heterocycles. The molecule has 0 radical (unpaired) electrons. The lowest BCUT2D eigenvalue weighted by Crippen LogP contribution is -2.62. The van der Waals surface area contributed by atoms with E-state index >= 15 is 0 Å². The number of methoxy groups -OCH3 is 1. The molecule has 0 amide bonds. The van der Waals surface area contributed by atoms with Gasteiger partial charge in [-0.1, -0.05) is 14.8 Å². The van der Waals surface area contributed by atoms with Crippen molar-refractivity contribution < 1.29 is 17.9 Å². The number of aryl methyl sites for hydroxylation is 1. The number of likely N-dealkylation sites (tertiary alicyclic amines) is 1. The maximum absolute atomic E-state index is 14.2. The fraction of sp³-hybridized carbons (Fsp3) is 0.471. The Labute approximate surface area is 280 Å². The van der Waals surface area contributed by atoms with Gasteiger partial charge >= 0.3 is 6.18 Å². The summed E-state index contributed by atoms with van der Waals surface area (Å²) in [7, 11) is 5.12. The van der Waals surface area contributed by atoms with Crippen molar-refractivity contribution in [2.45, 2.75) is 44.4 Å². The Bertz CT molecular complexity index is 1760. The molecule has 0 saturated carbocycles. The van der Waals surface area contributed by atoms with Crippen molar-refractivity contribution in [1.29, 1.82) is 0 Å². The fourth-order valence-corrected chi connectivity index (χ4v) is 7.82. The van der Waals surface area contributed by atoms with Crippen LogP contribution in [-0.2, 0) is 12.6 Å². The van der Waals surface area contributed by atoms with Crippen LogP contribution in [0.3, 0.4) is 0 Å². The topological polar surface area (TPSA) is 94.6 Å². The molecule has 2 N–H and O–H groups in total. The molecule has 10 nitrogen and oxygen atoms in total. The number of ether oxygens (including phenoxy) is 1. The van der Waals surface area contributed by atoms with Gasteiger partial charge in [0.15, 0.2) is 0 Å². The molecule has 0 aliphatic carbocycles. The zero-order valence-electron chi connectivity index (χ0n) is 28.3. The van der Waals surface area contributed by atoms with Crippen molar-refractivity contribution in [3.63, 3.8) is 0 Å². The first-order chi connectivity index (χ1) is 23.0. The SMILES string of the molecule is CCc1cc(Nc2ncc(C(F)(F)F)c(Nc3ccc4nccnc4c3P(C)C)n2)c(OC)cc1N1CCC(N2CC(N(C)C)C2)CC1. The number of anilines is 5. The largest absolute Gasteiger partial charge is 0.494 e. The lowest BCUT2D eigenvalue weighted by molar-refractivity contribution is -0.137. The Morgan fingerprint density at radius 1 is 1.00 bits per heavy atom. The van der Waals surface area contributed by atoms with Crippen LogP contribution in [0.1, 0.15) is 30.9 Å². The minimum absolute atomic E-state index is 0.0161. The minimum atomic E-state index is -4.67. The van der Waals surface area contributed by atoms with Crippen LogP contribution < -0.4 is 25.6 Å². The van der Waals surface area contributed by atoms with Gasteiger partial charge in [-0.05, 0) is 70.5 Å². The van der Waals surface area contributed by atoms with Crippen LogP contribution in [-0.4, -0.2) is 103 Å². The van der Waals surface area contributed by atoms with Gasteiger partial charge in [-0.15, -0.1) is 0 Å². The number of nitrogens with one attached hydrogen (secondary N) is 2. The van der Waals surface area contributed by atoms with E-state index in [0.29, 0.717) is 40.2 Å². The van der Waals surface area contributed by atoms with Gasteiger partial charge in [0.1, 0.15) is 17.1 Å². The number of hydrogen-bond donors (Lipinski definition) is 2. The van der Waals surface area contributed by atoms with E-state index in [1.54, 1.807) is 31.6 Å². The second-order valence-electron chi connectivity index (χ2n) is 12.8. The summed E-state index contributed by atoms with van der Waals surface area (Å²) >= 11 is 0. The van der Waals surface area contributed by atoms with E-state index in [1.807, 2.05) is 25.5 Å². The molecule has 256 valence electrons. The Morgan fingerprint density at radius 2 is 1.73 bits per heavy atom.